The number of anilines is 1. The summed E-state index contributed by atoms with van der Waals surface area (Å²) in [4.78, 5) is 9.22. The monoisotopic (exact) mass is 270 g/mol. The molecule has 0 saturated heterocycles. The molecule has 0 fully saturated rings. The van der Waals surface area contributed by atoms with Gasteiger partial charge in [-0.2, -0.15) is 0 Å². The lowest BCUT2D eigenvalue weighted by atomic mass is 10.1. The van der Waals surface area contributed by atoms with Crippen LogP contribution in [0.4, 0.5) is 5.82 Å². The fourth-order valence-electron chi connectivity index (χ4n) is 2.70. The van der Waals surface area contributed by atoms with Gasteiger partial charge < -0.3 is 10.2 Å². The van der Waals surface area contributed by atoms with Crippen LogP contribution in [-0.4, -0.2) is 17.1 Å². The first-order chi connectivity index (χ1) is 9.72. The van der Waals surface area contributed by atoms with Crippen molar-refractivity contribution in [3.05, 3.63) is 35.0 Å². The molecule has 20 heavy (non-hydrogen) atoms. The summed E-state index contributed by atoms with van der Waals surface area (Å²) >= 11 is 0. The van der Waals surface area contributed by atoms with Gasteiger partial charge in [-0.15, -0.1) is 0 Å². The van der Waals surface area contributed by atoms with Crippen LogP contribution in [0.3, 0.4) is 0 Å². The van der Waals surface area contributed by atoms with E-state index in [0.717, 1.165) is 53.2 Å². The van der Waals surface area contributed by atoms with Crippen LogP contribution in [0, 0.1) is 6.92 Å². The number of nitrogen functional groups attached to an aromatic ring is 1. The fourth-order valence-corrected chi connectivity index (χ4v) is 2.70. The normalized spacial score (nSPS) is 13.2. The summed E-state index contributed by atoms with van der Waals surface area (Å²) in [6, 6.07) is 5.95. The Morgan fingerprint density at radius 3 is 2.80 bits per heavy atom. The smallest absolute Gasteiger partial charge is 0.161 e. The van der Waals surface area contributed by atoms with Gasteiger partial charge in [-0.25, -0.2) is 15.8 Å². The number of fused-ring (bicyclic) bond motifs is 1. The molecular formula is C15H18N4O. The highest BCUT2D eigenvalue weighted by Crippen LogP contribution is 2.30. The van der Waals surface area contributed by atoms with Crippen molar-refractivity contribution in [3.8, 4) is 17.1 Å². The number of hydrazine groups is 1. The Morgan fingerprint density at radius 2 is 2.10 bits per heavy atom. The highest BCUT2D eigenvalue weighted by Gasteiger charge is 2.19. The van der Waals surface area contributed by atoms with Crippen molar-refractivity contribution < 1.29 is 4.74 Å². The number of aromatic nitrogens is 2. The summed E-state index contributed by atoms with van der Waals surface area (Å²) in [5.41, 5.74) is 7.01. The van der Waals surface area contributed by atoms with Crippen LogP contribution in [0.1, 0.15) is 23.2 Å². The first-order valence-corrected chi connectivity index (χ1v) is 6.74. The average molecular weight is 270 g/mol. The van der Waals surface area contributed by atoms with Gasteiger partial charge in [0.05, 0.1) is 7.11 Å². The number of aryl methyl sites for hydroxylation is 2. The minimum Gasteiger partial charge on any atom is -0.496 e. The van der Waals surface area contributed by atoms with E-state index < -0.39 is 0 Å². The van der Waals surface area contributed by atoms with Crippen LogP contribution < -0.4 is 16.0 Å². The first-order valence-electron chi connectivity index (χ1n) is 6.74. The van der Waals surface area contributed by atoms with E-state index in [1.54, 1.807) is 7.11 Å². The summed E-state index contributed by atoms with van der Waals surface area (Å²) in [6.07, 6.45) is 3.11. The summed E-state index contributed by atoms with van der Waals surface area (Å²) in [6.45, 7) is 2.01. The number of hydrogen-bond acceptors (Lipinski definition) is 5. The van der Waals surface area contributed by atoms with Gasteiger partial charge in [-0.1, -0.05) is 0 Å². The molecule has 0 unspecified atom stereocenters. The zero-order valence-electron chi connectivity index (χ0n) is 11.7. The van der Waals surface area contributed by atoms with E-state index in [1.807, 2.05) is 25.1 Å². The minimum absolute atomic E-state index is 0.712. The molecule has 0 bridgehead atoms. The van der Waals surface area contributed by atoms with Crippen LogP contribution in [0.5, 0.6) is 5.75 Å². The number of nitrogens with zero attached hydrogens (tertiary/aromatic N) is 2. The van der Waals surface area contributed by atoms with Crippen LogP contribution in [0.2, 0.25) is 0 Å². The van der Waals surface area contributed by atoms with Crippen molar-refractivity contribution in [3.63, 3.8) is 0 Å². The van der Waals surface area contributed by atoms with Crippen molar-refractivity contribution in [2.24, 2.45) is 5.84 Å². The fraction of sp³-hybridized carbons (Fsp3) is 0.333. The standard InChI is InChI=1S/C15H18N4O/c1-9-8-10(6-7-13(9)20-2)14-17-12-5-3-4-11(12)15(18-14)19-16/h6-8H,3-5,16H2,1-2H3,(H,17,18,19). The molecule has 1 aliphatic carbocycles. The second-order valence-corrected chi connectivity index (χ2v) is 5.00. The number of rotatable bonds is 3. The van der Waals surface area contributed by atoms with Crippen molar-refractivity contribution in [2.45, 2.75) is 26.2 Å². The Hall–Kier alpha value is -2.14. The van der Waals surface area contributed by atoms with Crippen molar-refractivity contribution in [2.75, 3.05) is 12.5 Å². The van der Waals surface area contributed by atoms with Crippen LogP contribution in [0.15, 0.2) is 18.2 Å². The lowest BCUT2D eigenvalue weighted by Crippen LogP contribution is -2.12. The molecular weight excluding hydrogens is 252 g/mol. The summed E-state index contributed by atoms with van der Waals surface area (Å²) in [5, 5.41) is 0. The number of nitrogens with one attached hydrogen (secondary N) is 1. The van der Waals surface area contributed by atoms with Gasteiger partial charge in [-0.05, 0) is 49.9 Å². The second-order valence-electron chi connectivity index (χ2n) is 5.00. The van der Waals surface area contributed by atoms with E-state index in [0.29, 0.717) is 5.82 Å². The SMILES string of the molecule is COc1ccc(-c2nc3c(c(NN)n2)CCC3)cc1C. The van der Waals surface area contributed by atoms with Gasteiger partial charge >= 0.3 is 0 Å². The van der Waals surface area contributed by atoms with Crippen LogP contribution in [0.25, 0.3) is 11.4 Å². The second kappa shape index (κ2) is 5.09. The molecule has 0 amide bonds. The maximum atomic E-state index is 5.59. The van der Waals surface area contributed by atoms with Crippen molar-refractivity contribution in [1.82, 2.24) is 9.97 Å². The zero-order chi connectivity index (χ0) is 14.1. The Morgan fingerprint density at radius 1 is 1.25 bits per heavy atom. The molecule has 5 heteroatoms. The topological polar surface area (TPSA) is 73.1 Å². The molecule has 0 radical (unpaired) electrons. The molecule has 0 aliphatic heterocycles. The number of methoxy groups -OCH3 is 1. The van der Waals surface area contributed by atoms with Gasteiger partial charge in [-0.3, -0.25) is 0 Å². The third-order valence-electron chi connectivity index (χ3n) is 3.72. The van der Waals surface area contributed by atoms with E-state index in [4.69, 9.17) is 10.6 Å². The first kappa shape index (κ1) is 12.9. The summed E-state index contributed by atoms with van der Waals surface area (Å²) in [5.74, 6) is 7.91. The van der Waals surface area contributed by atoms with E-state index >= 15 is 0 Å². The van der Waals surface area contributed by atoms with Gasteiger partial charge in [0.15, 0.2) is 5.82 Å². The Kier molecular flexibility index (Phi) is 3.28. The van der Waals surface area contributed by atoms with Crippen LogP contribution >= 0.6 is 0 Å². The average Bonchev–Trinajstić information content (AvgIpc) is 2.94. The van der Waals surface area contributed by atoms with E-state index in [9.17, 15) is 0 Å². The third-order valence-corrected chi connectivity index (χ3v) is 3.72. The molecule has 0 saturated carbocycles. The number of benzene rings is 1. The number of nitrogens with two attached hydrogens (primary N) is 1. The van der Waals surface area contributed by atoms with Gasteiger partial charge in [0.1, 0.15) is 11.6 Å². The highest BCUT2D eigenvalue weighted by atomic mass is 16.5. The van der Waals surface area contributed by atoms with Crippen molar-refractivity contribution >= 4 is 5.82 Å². The maximum absolute atomic E-state index is 5.59. The molecule has 0 spiro atoms. The molecule has 3 rings (SSSR count). The summed E-state index contributed by atoms with van der Waals surface area (Å²) < 4.78 is 5.28. The maximum Gasteiger partial charge on any atom is 0.161 e. The molecule has 1 aliphatic rings. The van der Waals surface area contributed by atoms with Gasteiger partial charge in [0.2, 0.25) is 0 Å². The number of ether oxygens (including phenoxy) is 1. The predicted octanol–water partition coefficient (Wildman–Crippen LogP) is 2.23. The Labute approximate surface area is 118 Å². The highest BCUT2D eigenvalue weighted by molar-refractivity contribution is 5.62. The number of hydrogen-bond donors (Lipinski definition) is 2. The molecule has 1 heterocycles. The Balaban J connectivity index is 2.08. The minimum atomic E-state index is 0.712. The molecule has 1 aromatic carbocycles. The lowest BCUT2D eigenvalue weighted by molar-refractivity contribution is 0.412. The molecule has 5 nitrogen and oxygen atoms in total. The molecule has 1 aromatic heterocycles. The van der Waals surface area contributed by atoms with E-state index in [1.165, 1.54) is 0 Å². The molecule has 3 N–H and O–H groups in total. The largest absolute Gasteiger partial charge is 0.496 e. The van der Waals surface area contributed by atoms with Gasteiger partial charge in [0, 0.05) is 16.8 Å². The lowest BCUT2D eigenvalue weighted by Gasteiger charge is -2.11. The van der Waals surface area contributed by atoms with E-state index in [2.05, 4.69) is 15.4 Å². The quantitative estimate of drug-likeness (QED) is 0.661. The van der Waals surface area contributed by atoms with Gasteiger partial charge in [0.25, 0.3) is 0 Å². The zero-order valence-corrected chi connectivity index (χ0v) is 11.7. The Bertz CT molecular complexity index is 655. The van der Waals surface area contributed by atoms with E-state index in [-0.39, 0.29) is 0 Å². The molecule has 2 aromatic rings. The molecule has 0 atom stereocenters. The summed E-state index contributed by atoms with van der Waals surface area (Å²) in [7, 11) is 1.67. The van der Waals surface area contributed by atoms with Crippen LogP contribution in [-0.2, 0) is 12.8 Å². The third kappa shape index (κ3) is 2.10. The van der Waals surface area contributed by atoms with Crippen molar-refractivity contribution in [1.29, 1.82) is 0 Å². The predicted molar refractivity (Wildman–Crippen MR) is 78.6 cm³/mol. The molecule has 104 valence electrons.